The molecule has 0 radical (unpaired) electrons. The fourth-order valence-corrected chi connectivity index (χ4v) is 2.21. The van der Waals surface area contributed by atoms with Crippen LogP contribution in [0.2, 0.25) is 0 Å². The van der Waals surface area contributed by atoms with Crippen LogP contribution in [0.5, 0.6) is 0 Å². The number of nitrogens with two attached hydrogens (primary N) is 2. The summed E-state index contributed by atoms with van der Waals surface area (Å²) in [6.45, 7) is 1.65. The average molecular weight is 288 g/mol. The Hall–Kier alpha value is -1.71. The highest BCUT2D eigenvalue weighted by molar-refractivity contribution is 7.89. The van der Waals surface area contributed by atoms with E-state index in [2.05, 4.69) is 17.6 Å². The Labute approximate surface area is 110 Å². The van der Waals surface area contributed by atoms with Gasteiger partial charge in [-0.1, -0.05) is 6.07 Å². The predicted octanol–water partition coefficient (Wildman–Crippen LogP) is -0.880. The van der Waals surface area contributed by atoms with Gasteiger partial charge in [0.05, 0.1) is 4.90 Å². The first-order valence-corrected chi connectivity index (χ1v) is 6.61. The summed E-state index contributed by atoms with van der Waals surface area (Å²) in [5, 5.41) is -0.221. The molecule has 0 unspecified atom stereocenters. The number of aryl methyl sites for hydroxylation is 1. The number of benzene rings is 1. The number of carbonyl (C=O) groups excluding carboxylic acids is 1. The van der Waals surface area contributed by atoms with E-state index >= 15 is 0 Å². The molecule has 0 bridgehead atoms. The van der Waals surface area contributed by atoms with Crippen LogP contribution in [0, 0.1) is 6.92 Å². The molecule has 1 amide bonds. The lowest BCUT2D eigenvalue weighted by Crippen LogP contribution is -2.44. The fraction of sp³-hybridized carbons (Fsp3) is 0.111. The number of nitrogens with one attached hydrogen (secondary N) is 2. The third-order valence-corrected chi connectivity index (χ3v) is 3.44. The van der Waals surface area contributed by atoms with Crippen molar-refractivity contribution in [3.8, 4) is 0 Å². The van der Waals surface area contributed by atoms with E-state index in [0.717, 1.165) is 0 Å². The molecule has 1 rings (SSSR count). The van der Waals surface area contributed by atoms with Gasteiger partial charge < -0.3 is 11.5 Å². The molecule has 0 fully saturated rings. The SMILES string of the molecule is Cc1ccc(S(=O)(=O)NNC(N)=S)cc1C(N)=O. The normalized spacial score (nSPS) is 10.9. The Balaban J connectivity index is 3.14. The van der Waals surface area contributed by atoms with Gasteiger partial charge in [-0.05, 0) is 36.8 Å². The first kappa shape index (κ1) is 14.4. The van der Waals surface area contributed by atoms with Gasteiger partial charge in [0.15, 0.2) is 5.11 Å². The first-order valence-electron chi connectivity index (χ1n) is 4.72. The van der Waals surface area contributed by atoms with Gasteiger partial charge in [-0.25, -0.2) is 8.42 Å². The molecular weight excluding hydrogens is 276 g/mol. The van der Waals surface area contributed by atoms with Gasteiger partial charge in [0, 0.05) is 5.56 Å². The average Bonchev–Trinajstić information content (AvgIpc) is 2.26. The summed E-state index contributed by atoms with van der Waals surface area (Å²) in [5.74, 6) is -0.702. The molecule has 98 valence electrons. The van der Waals surface area contributed by atoms with Crippen LogP contribution < -0.4 is 21.7 Å². The van der Waals surface area contributed by atoms with Gasteiger partial charge in [0.2, 0.25) is 5.91 Å². The highest BCUT2D eigenvalue weighted by Crippen LogP contribution is 2.14. The van der Waals surface area contributed by atoms with Gasteiger partial charge in [0.1, 0.15) is 0 Å². The van der Waals surface area contributed by atoms with Gasteiger partial charge in [-0.3, -0.25) is 10.2 Å². The van der Waals surface area contributed by atoms with E-state index in [1.165, 1.54) is 18.2 Å². The topological polar surface area (TPSA) is 127 Å². The summed E-state index contributed by atoms with van der Waals surface area (Å²) in [7, 11) is -3.86. The van der Waals surface area contributed by atoms with Crippen LogP contribution in [-0.4, -0.2) is 19.4 Å². The third-order valence-electron chi connectivity index (χ3n) is 2.09. The van der Waals surface area contributed by atoms with Crippen LogP contribution in [0.3, 0.4) is 0 Å². The van der Waals surface area contributed by atoms with E-state index in [9.17, 15) is 13.2 Å². The molecule has 0 heterocycles. The van der Waals surface area contributed by atoms with Crippen LogP contribution in [0.1, 0.15) is 15.9 Å². The van der Waals surface area contributed by atoms with Gasteiger partial charge >= 0.3 is 0 Å². The van der Waals surface area contributed by atoms with Crippen LogP contribution in [0.4, 0.5) is 0 Å². The Morgan fingerprint density at radius 1 is 1.33 bits per heavy atom. The molecule has 18 heavy (non-hydrogen) atoms. The molecule has 7 nitrogen and oxygen atoms in total. The smallest absolute Gasteiger partial charge is 0.257 e. The number of carbonyl (C=O) groups is 1. The maximum atomic E-state index is 11.8. The van der Waals surface area contributed by atoms with Crippen molar-refractivity contribution in [1.82, 2.24) is 10.3 Å². The summed E-state index contributed by atoms with van der Waals surface area (Å²) in [6.07, 6.45) is 0. The van der Waals surface area contributed by atoms with Crippen molar-refractivity contribution in [1.29, 1.82) is 0 Å². The molecule has 0 saturated heterocycles. The summed E-state index contributed by atoms with van der Waals surface area (Å²) in [6, 6.07) is 4.00. The summed E-state index contributed by atoms with van der Waals surface area (Å²) < 4.78 is 23.6. The lowest BCUT2D eigenvalue weighted by molar-refractivity contribution is 0.0999. The van der Waals surface area contributed by atoms with Crippen molar-refractivity contribution < 1.29 is 13.2 Å². The van der Waals surface area contributed by atoms with Gasteiger partial charge in [-0.15, -0.1) is 4.83 Å². The molecule has 1 aromatic rings. The maximum Gasteiger partial charge on any atom is 0.257 e. The molecule has 0 aliphatic heterocycles. The molecule has 1 aromatic carbocycles. The van der Waals surface area contributed by atoms with Crippen molar-refractivity contribution in [3.63, 3.8) is 0 Å². The zero-order chi connectivity index (χ0) is 13.9. The molecule has 0 saturated carbocycles. The van der Waals surface area contributed by atoms with Crippen LogP contribution in [0.25, 0.3) is 0 Å². The summed E-state index contributed by atoms with van der Waals surface area (Å²) >= 11 is 4.47. The minimum Gasteiger partial charge on any atom is -0.375 e. The molecular formula is C9H12N4O3S2. The van der Waals surface area contributed by atoms with Crippen molar-refractivity contribution in [2.75, 3.05) is 0 Å². The number of sulfonamides is 1. The molecule has 9 heteroatoms. The minimum absolute atomic E-state index is 0.120. The lowest BCUT2D eigenvalue weighted by atomic mass is 10.1. The quantitative estimate of drug-likeness (QED) is 0.421. The van der Waals surface area contributed by atoms with Crippen molar-refractivity contribution in [2.24, 2.45) is 11.5 Å². The zero-order valence-electron chi connectivity index (χ0n) is 9.43. The standard InChI is InChI=1S/C9H12N4O3S2/c1-5-2-3-6(4-7(5)8(10)14)18(15,16)13-12-9(11)17/h2-4,13H,1H3,(H2,10,14)(H3,11,12,17). The van der Waals surface area contributed by atoms with Crippen molar-refractivity contribution in [3.05, 3.63) is 29.3 Å². The molecule has 0 aliphatic rings. The Morgan fingerprint density at radius 2 is 1.94 bits per heavy atom. The summed E-state index contributed by atoms with van der Waals surface area (Å²) in [5.41, 5.74) is 13.1. The minimum atomic E-state index is -3.86. The van der Waals surface area contributed by atoms with E-state index in [1.807, 2.05) is 4.83 Å². The number of hydrazine groups is 1. The van der Waals surface area contributed by atoms with Crippen LogP contribution in [-0.2, 0) is 10.0 Å². The lowest BCUT2D eigenvalue weighted by Gasteiger charge is -2.09. The molecule has 0 aliphatic carbocycles. The second-order valence-corrected chi connectivity index (χ2v) is 5.56. The Kier molecular flexibility index (Phi) is 4.22. The highest BCUT2D eigenvalue weighted by Gasteiger charge is 2.16. The highest BCUT2D eigenvalue weighted by atomic mass is 32.2. The maximum absolute atomic E-state index is 11.8. The third kappa shape index (κ3) is 3.39. The van der Waals surface area contributed by atoms with E-state index < -0.39 is 15.9 Å². The number of hydrogen-bond acceptors (Lipinski definition) is 4. The van der Waals surface area contributed by atoms with Gasteiger partial charge in [-0.2, -0.15) is 0 Å². The molecule has 0 spiro atoms. The number of rotatable bonds is 4. The van der Waals surface area contributed by atoms with E-state index in [4.69, 9.17) is 11.5 Å². The van der Waals surface area contributed by atoms with Gasteiger partial charge in [0.25, 0.3) is 10.0 Å². The number of thiocarbonyl (C=S) groups is 1. The first-order chi connectivity index (χ1) is 8.24. The van der Waals surface area contributed by atoms with Crippen LogP contribution in [0.15, 0.2) is 23.1 Å². The second-order valence-electron chi connectivity index (χ2n) is 3.44. The Bertz CT molecular complexity index is 598. The van der Waals surface area contributed by atoms with E-state index in [1.54, 1.807) is 6.92 Å². The monoisotopic (exact) mass is 288 g/mol. The van der Waals surface area contributed by atoms with Crippen molar-refractivity contribution >= 4 is 33.3 Å². The van der Waals surface area contributed by atoms with E-state index in [-0.39, 0.29) is 15.6 Å². The fourth-order valence-electron chi connectivity index (χ4n) is 1.21. The zero-order valence-corrected chi connectivity index (χ0v) is 11.1. The van der Waals surface area contributed by atoms with Crippen LogP contribution >= 0.6 is 12.2 Å². The molecule has 6 N–H and O–H groups in total. The molecule has 0 atom stereocenters. The summed E-state index contributed by atoms with van der Waals surface area (Å²) in [4.78, 5) is 13.0. The van der Waals surface area contributed by atoms with Crippen molar-refractivity contribution in [2.45, 2.75) is 11.8 Å². The Morgan fingerprint density at radius 3 is 2.44 bits per heavy atom. The predicted molar refractivity (Wildman–Crippen MR) is 69.9 cm³/mol. The van der Waals surface area contributed by atoms with E-state index in [0.29, 0.717) is 5.56 Å². The number of hydrogen-bond donors (Lipinski definition) is 4. The number of primary amides is 1. The number of amides is 1. The molecule has 0 aromatic heterocycles. The second kappa shape index (κ2) is 5.29. The largest absolute Gasteiger partial charge is 0.375 e.